The van der Waals surface area contributed by atoms with Crippen molar-refractivity contribution >= 4 is 10.0 Å². The van der Waals surface area contributed by atoms with E-state index < -0.39 is 15.8 Å². The zero-order chi connectivity index (χ0) is 16.5. The molecule has 2 aromatic rings. The van der Waals surface area contributed by atoms with Gasteiger partial charge in [-0.05, 0) is 32.0 Å². The fraction of sp³-hybridized carbons (Fsp3) is 0.357. The molecule has 120 valence electrons. The van der Waals surface area contributed by atoms with Crippen LogP contribution in [0.1, 0.15) is 17.0 Å². The normalized spacial score (nSPS) is 11.9. The molecule has 0 unspecified atom stereocenters. The molecule has 6 nitrogen and oxygen atoms in total. The molecule has 1 aromatic carbocycles. The highest BCUT2D eigenvalue weighted by Gasteiger charge is 2.29. The number of benzene rings is 1. The van der Waals surface area contributed by atoms with E-state index in [1.54, 1.807) is 6.92 Å². The molecular formula is C14H17FN2O4S. The van der Waals surface area contributed by atoms with Gasteiger partial charge in [-0.2, -0.15) is 4.31 Å². The standard InChI is InChI=1S/C14H17FN2O4S/c1-9-14(10(2)21-16-9)22(18,19)17(3)8-11-7-12(15)5-6-13(11)20-4/h5-7H,8H2,1-4H3. The molecular weight excluding hydrogens is 311 g/mol. The topological polar surface area (TPSA) is 72.6 Å². The Morgan fingerprint density at radius 2 is 2.05 bits per heavy atom. The molecule has 0 aliphatic rings. The second kappa shape index (κ2) is 6.05. The zero-order valence-electron chi connectivity index (χ0n) is 12.8. The molecule has 22 heavy (non-hydrogen) atoms. The summed E-state index contributed by atoms with van der Waals surface area (Å²) in [5, 5.41) is 3.65. The quantitative estimate of drug-likeness (QED) is 0.842. The summed E-state index contributed by atoms with van der Waals surface area (Å²) in [6, 6.07) is 3.96. The van der Waals surface area contributed by atoms with Crippen LogP contribution in [0.4, 0.5) is 4.39 Å². The summed E-state index contributed by atoms with van der Waals surface area (Å²) in [4.78, 5) is 0.0327. The van der Waals surface area contributed by atoms with Crippen LogP contribution in [0.15, 0.2) is 27.6 Å². The van der Waals surface area contributed by atoms with Crippen LogP contribution >= 0.6 is 0 Å². The van der Waals surface area contributed by atoms with E-state index in [9.17, 15) is 12.8 Å². The van der Waals surface area contributed by atoms with E-state index in [0.717, 1.165) is 4.31 Å². The van der Waals surface area contributed by atoms with Gasteiger partial charge in [0.05, 0.1) is 7.11 Å². The zero-order valence-corrected chi connectivity index (χ0v) is 13.6. The van der Waals surface area contributed by atoms with Gasteiger partial charge in [-0.1, -0.05) is 5.16 Å². The molecule has 0 N–H and O–H groups in total. The lowest BCUT2D eigenvalue weighted by Gasteiger charge is -2.18. The van der Waals surface area contributed by atoms with Crippen LogP contribution < -0.4 is 4.74 Å². The maximum absolute atomic E-state index is 13.4. The lowest BCUT2D eigenvalue weighted by Crippen LogP contribution is -2.27. The lowest BCUT2D eigenvalue weighted by atomic mass is 10.2. The largest absolute Gasteiger partial charge is 0.496 e. The van der Waals surface area contributed by atoms with Crippen molar-refractivity contribution in [2.24, 2.45) is 0 Å². The third-order valence-electron chi connectivity index (χ3n) is 3.27. The first-order chi connectivity index (χ1) is 10.3. The molecule has 0 spiro atoms. The second-order valence-corrected chi connectivity index (χ2v) is 6.85. The third kappa shape index (κ3) is 2.97. The van der Waals surface area contributed by atoms with Gasteiger partial charge in [0.2, 0.25) is 10.0 Å². The number of ether oxygens (including phenoxy) is 1. The minimum Gasteiger partial charge on any atom is -0.496 e. The number of methoxy groups -OCH3 is 1. The Morgan fingerprint density at radius 1 is 1.36 bits per heavy atom. The highest BCUT2D eigenvalue weighted by atomic mass is 32.2. The molecule has 0 atom stereocenters. The van der Waals surface area contributed by atoms with E-state index in [1.165, 1.54) is 39.3 Å². The number of aromatic nitrogens is 1. The first kappa shape index (κ1) is 16.4. The Bertz CT molecular complexity index is 767. The summed E-state index contributed by atoms with van der Waals surface area (Å²) in [6.45, 7) is 3.05. The van der Waals surface area contributed by atoms with Gasteiger partial charge < -0.3 is 9.26 Å². The van der Waals surface area contributed by atoms with Gasteiger partial charge in [-0.25, -0.2) is 12.8 Å². The SMILES string of the molecule is COc1ccc(F)cc1CN(C)S(=O)(=O)c1c(C)noc1C. The predicted octanol–water partition coefficient (Wildman–Crippen LogP) is 2.26. The summed E-state index contributed by atoms with van der Waals surface area (Å²) in [6.07, 6.45) is 0. The van der Waals surface area contributed by atoms with Gasteiger partial charge in [0, 0.05) is 19.2 Å². The smallest absolute Gasteiger partial charge is 0.248 e. The van der Waals surface area contributed by atoms with E-state index in [0.29, 0.717) is 11.3 Å². The minimum absolute atomic E-state index is 0.0327. The maximum Gasteiger partial charge on any atom is 0.248 e. The van der Waals surface area contributed by atoms with Crippen LogP contribution in [0.5, 0.6) is 5.75 Å². The molecule has 1 heterocycles. The molecule has 0 amide bonds. The van der Waals surface area contributed by atoms with Crippen molar-refractivity contribution in [3.8, 4) is 5.75 Å². The summed E-state index contributed by atoms with van der Waals surface area (Å²) in [5.74, 6) is 0.178. The molecule has 0 saturated carbocycles. The van der Waals surface area contributed by atoms with Crippen molar-refractivity contribution in [1.29, 1.82) is 0 Å². The maximum atomic E-state index is 13.4. The molecule has 0 fully saturated rings. The molecule has 0 saturated heterocycles. The number of sulfonamides is 1. The number of aryl methyl sites for hydroxylation is 2. The number of hydrogen-bond acceptors (Lipinski definition) is 5. The van der Waals surface area contributed by atoms with E-state index in [-0.39, 0.29) is 22.9 Å². The van der Waals surface area contributed by atoms with Gasteiger partial charge in [0.25, 0.3) is 0 Å². The molecule has 8 heteroatoms. The van der Waals surface area contributed by atoms with Gasteiger partial charge in [0.1, 0.15) is 22.2 Å². The fourth-order valence-corrected chi connectivity index (χ4v) is 3.63. The number of rotatable bonds is 5. The first-order valence-electron chi connectivity index (χ1n) is 6.49. The van der Waals surface area contributed by atoms with Crippen LogP contribution in [0.2, 0.25) is 0 Å². The predicted molar refractivity (Wildman–Crippen MR) is 77.6 cm³/mol. The number of nitrogens with zero attached hydrogens (tertiary/aromatic N) is 2. The van der Waals surface area contributed by atoms with Crippen molar-refractivity contribution in [2.75, 3.05) is 14.2 Å². The Balaban J connectivity index is 2.37. The molecule has 0 aliphatic carbocycles. The van der Waals surface area contributed by atoms with Crippen molar-refractivity contribution in [3.63, 3.8) is 0 Å². The Morgan fingerprint density at radius 3 is 2.59 bits per heavy atom. The van der Waals surface area contributed by atoms with Gasteiger partial charge in [0.15, 0.2) is 5.76 Å². The van der Waals surface area contributed by atoms with Crippen molar-refractivity contribution in [3.05, 3.63) is 41.0 Å². The summed E-state index contributed by atoms with van der Waals surface area (Å²) in [5.41, 5.74) is 0.718. The van der Waals surface area contributed by atoms with Gasteiger partial charge in [-0.3, -0.25) is 0 Å². The van der Waals surface area contributed by atoms with Crippen molar-refractivity contribution in [1.82, 2.24) is 9.46 Å². The van der Waals surface area contributed by atoms with Crippen LogP contribution in [0, 0.1) is 19.7 Å². The second-order valence-electron chi connectivity index (χ2n) is 4.87. The van der Waals surface area contributed by atoms with Crippen LogP contribution in [0.25, 0.3) is 0 Å². The average molecular weight is 328 g/mol. The Labute approximate surface area is 128 Å². The third-order valence-corrected chi connectivity index (χ3v) is 5.32. The van der Waals surface area contributed by atoms with E-state index in [1.807, 2.05) is 0 Å². The molecule has 0 bridgehead atoms. The highest BCUT2D eigenvalue weighted by Crippen LogP contribution is 2.26. The molecule has 1 aromatic heterocycles. The first-order valence-corrected chi connectivity index (χ1v) is 7.93. The van der Waals surface area contributed by atoms with E-state index in [2.05, 4.69) is 5.16 Å². The van der Waals surface area contributed by atoms with Crippen LogP contribution in [-0.2, 0) is 16.6 Å². The van der Waals surface area contributed by atoms with Crippen LogP contribution in [0.3, 0.4) is 0 Å². The van der Waals surface area contributed by atoms with Crippen molar-refractivity contribution in [2.45, 2.75) is 25.3 Å². The minimum atomic E-state index is -3.79. The van der Waals surface area contributed by atoms with Crippen molar-refractivity contribution < 1.29 is 22.1 Å². The number of hydrogen-bond donors (Lipinski definition) is 0. The molecule has 0 aliphatic heterocycles. The monoisotopic (exact) mass is 328 g/mol. The Kier molecular flexibility index (Phi) is 4.52. The van der Waals surface area contributed by atoms with Gasteiger partial charge >= 0.3 is 0 Å². The van der Waals surface area contributed by atoms with E-state index in [4.69, 9.17) is 9.26 Å². The summed E-state index contributed by atoms with van der Waals surface area (Å²) < 4.78 is 49.8. The number of halogens is 1. The van der Waals surface area contributed by atoms with Crippen LogP contribution in [-0.4, -0.2) is 32.0 Å². The van der Waals surface area contributed by atoms with E-state index >= 15 is 0 Å². The summed E-state index contributed by atoms with van der Waals surface area (Å²) in [7, 11) is -0.942. The highest BCUT2D eigenvalue weighted by molar-refractivity contribution is 7.89. The summed E-state index contributed by atoms with van der Waals surface area (Å²) >= 11 is 0. The van der Waals surface area contributed by atoms with Gasteiger partial charge in [-0.15, -0.1) is 0 Å². The fourth-order valence-electron chi connectivity index (χ4n) is 2.19. The average Bonchev–Trinajstić information content (AvgIpc) is 2.78. The lowest BCUT2D eigenvalue weighted by molar-refractivity contribution is 0.388. The molecule has 2 rings (SSSR count). The Hall–Kier alpha value is -1.93. The molecule has 0 radical (unpaired) electrons.